The van der Waals surface area contributed by atoms with Crippen LogP contribution in [0.2, 0.25) is 0 Å². The van der Waals surface area contributed by atoms with Gasteiger partial charge in [0.1, 0.15) is 17.5 Å². The van der Waals surface area contributed by atoms with Crippen molar-refractivity contribution in [3.8, 4) is 17.2 Å². The number of hydrogen-bond acceptors (Lipinski definition) is 6. The van der Waals surface area contributed by atoms with Crippen LogP contribution in [-0.4, -0.2) is 22.2 Å². The molecule has 4 aromatic carbocycles. The highest BCUT2D eigenvalue weighted by Crippen LogP contribution is 2.33. The maximum atomic E-state index is 10.8. The fraction of sp³-hybridized carbons (Fsp3) is 0.0741. The third-order valence-corrected chi connectivity index (χ3v) is 6.28. The number of nitrogens with two attached hydrogens (primary N) is 1. The molecule has 0 aliphatic rings. The SMILES string of the molecule is NC(Cc1cc(I)c(Oc2ccc(O)cc2)c(I)c1)C(=O)O.c1ccc(N=Nc2ccccc2)cc1. The van der Waals surface area contributed by atoms with Crippen LogP contribution in [0.1, 0.15) is 5.56 Å². The minimum absolute atomic E-state index is 0.176. The van der Waals surface area contributed by atoms with Crippen LogP contribution in [0.4, 0.5) is 11.4 Å². The number of halogens is 2. The molecule has 0 heterocycles. The molecule has 0 amide bonds. The molecular weight excluding hydrogens is 684 g/mol. The number of ether oxygens (including phenoxy) is 1. The quantitative estimate of drug-likeness (QED) is 0.136. The summed E-state index contributed by atoms with van der Waals surface area (Å²) in [5.41, 5.74) is 8.16. The first-order valence-corrected chi connectivity index (χ1v) is 12.9. The van der Waals surface area contributed by atoms with Crippen molar-refractivity contribution in [2.24, 2.45) is 16.0 Å². The summed E-state index contributed by atoms with van der Waals surface area (Å²) in [5, 5.41) is 26.4. The topological polar surface area (TPSA) is 118 Å². The summed E-state index contributed by atoms with van der Waals surface area (Å²) in [7, 11) is 0. The third kappa shape index (κ3) is 8.88. The normalized spacial score (nSPS) is 11.4. The van der Waals surface area contributed by atoms with E-state index >= 15 is 0 Å². The number of aliphatic carboxylic acids is 1. The van der Waals surface area contributed by atoms with Crippen LogP contribution in [0.25, 0.3) is 0 Å². The average molecular weight is 707 g/mol. The predicted octanol–water partition coefficient (Wildman–Crippen LogP) is 7.45. The van der Waals surface area contributed by atoms with Gasteiger partial charge in [-0.15, -0.1) is 0 Å². The first-order chi connectivity index (χ1) is 17.3. The Morgan fingerprint density at radius 1 is 0.833 bits per heavy atom. The maximum Gasteiger partial charge on any atom is 0.320 e. The Morgan fingerprint density at radius 2 is 1.31 bits per heavy atom. The molecule has 0 saturated carbocycles. The molecule has 184 valence electrons. The number of phenols is 1. The number of hydrogen-bond donors (Lipinski definition) is 3. The maximum absolute atomic E-state index is 10.8. The molecule has 0 aromatic heterocycles. The number of carbonyl (C=O) groups is 1. The van der Waals surface area contributed by atoms with Crippen LogP contribution in [0.3, 0.4) is 0 Å². The molecule has 0 radical (unpaired) electrons. The van der Waals surface area contributed by atoms with Crippen molar-refractivity contribution in [1.29, 1.82) is 0 Å². The highest BCUT2D eigenvalue weighted by molar-refractivity contribution is 14.1. The van der Waals surface area contributed by atoms with Crippen LogP contribution in [0.5, 0.6) is 17.2 Å². The lowest BCUT2D eigenvalue weighted by molar-refractivity contribution is -0.138. The molecule has 0 fully saturated rings. The Kier molecular flexibility index (Phi) is 10.6. The second-order valence-electron chi connectivity index (χ2n) is 7.50. The Morgan fingerprint density at radius 3 is 1.75 bits per heavy atom. The Hall–Kier alpha value is -3.03. The molecule has 0 spiro atoms. The lowest BCUT2D eigenvalue weighted by Crippen LogP contribution is -2.32. The van der Waals surface area contributed by atoms with Crippen molar-refractivity contribution in [1.82, 2.24) is 0 Å². The van der Waals surface area contributed by atoms with Crippen molar-refractivity contribution in [3.63, 3.8) is 0 Å². The van der Waals surface area contributed by atoms with E-state index in [2.05, 4.69) is 55.4 Å². The molecule has 36 heavy (non-hydrogen) atoms. The molecule has 4 aromatic rings. The van der Waals surface area contributed by atoms with Gasteiger partial charge in [-0.05, 0) is 118 Å². The van der Waals surface area contributed by atoms with Crippen molar-refractivity contribution in [2.45, 2.75) is 12.5 Å². The summed E-state index contributed by atoms with van der Waals surface area (Å²) in [6.07, 6.45) is 0.265. The molecule has 0 aliphatic heterocycles. The molecule has 1 unspecified atom stereocenters. The number of nitrogens with zero attached hydrogens (tertiary/aromatic N) is 2. The van der Waals surface area contributed by atoms with Crippen LogP contribution < -0.4 is 10.5 Å². The number of carboxylic acids is 1. The van der Waals surface area contributed by atoms with Gasteiger partial charge in [0.25, 0.3) is 0 Å². The predicted molar refractivity (Wildman–Crippen MR) is 156 cm³/mol. The molecular formula is C27H23I2N3O4. The van der Waals surface area contributed by atoms with Gasteiger partial charge >= 0.3 is 5.97 Å². The van der Waals surface area contributed by atoms with E-state index in [4.69, 9.17) is 15.6 Å². The van der Waals surface area contributed by atoms with Gasteiger partial charge in [0, 0.05) is 0 Å². The Bertz CT molecular complexity index is 1240. The molecule has 9 heteroatoms. The minimum atomic E-state index is -1.02. The van der Waals surface area contributed by atoms with Gasteiger partial charge in [-0.1, -0.05) is 36.4 Å². The van der Waals surface area contributed by atoms with E-state index in [1.165, 1.54) is 0 Å². The van der Waals surface area contributed by atoms with Gasteiger partial charge < -0.3 is 20.7 Å². The van der Waals surface area contributed by atoms with Crippen molar-refractivity contribution >= 4 is 62.5 Å². The monoisotopic (exact) mass is 707 g/mol. The van der Waals surface area contributed by atoms with Crippen LogP contribution >= 0.6 is 45.2 Å². The van der Waals surface area contributed by atoms with Crippen molar-refractivity contribution in [2.75, 3.05) is 0 Å². The van der Waals surface area contributed by atoms with Crippen LogP contribution in [0.15, 0.2) is 107 Å². The number of carboxylic acid groups (broad SMARTS) is 1. The molecule has 4 rings (SSSR count). The fourth-order valence-corrected chi connectivity index (χ4v) is 5.02. The van der Waals surface area contributed by atoms with E-state index in [1.807, 2.05) is 72.8 Å². The average Bonchev–Trinajstić information content (AvgIpc) is 2.88. The third-order valence-electron chi connectivity index (χ3n) is 4.68. The summed E-state index contributed by atoms with van der Waals surface area (Å²) in [4.78, 5) is 10.8. The van der Waals surface area contributed by atoms with E-state index in [-0.39, 0.29) is 12.2 Å². The van der Waals surface area contributed by atoms with E-state index in [1.54, 1.807) is 24.3 Å². The molecule has 0 saturated heterocycles. The molecule has 1 atom stereocenters. The molecule has 7 nitrogen and oxygen atoms in total. The second-order valence-corrected chi connectivity index (χ2v) is 9.83. The van der Waals surface area contributed by atoms with Crippen molar-refractivity contribution in [3.05, 3.63) is 110 Å². The standard InChI is InChI=1S/C15H13I2NO4.C12H10N2/c16-11-5-8(7-13(18)15(20)21)6-12(17)14(11)22-10-3-1-9(19)2-4-10;1-3-7-11(8-4-1)13-14-12-9-5-2-6-10-12/h1-6,13,19H,7,18H2,(H,20,21);1-10H. The van der Waals surface area contributed by atoms with E-state index < -0.39 is 12.0 Å². The largest absolute Gasteiger partial charge is 0.508 e. The van der Waals surface area contributed by atoms with Gasteiger partial charge in [-0.3, -0.25) is 4.79 Å². The number of rotatable bonds is 7. The fourth-order valence-electron chi connectivity index (χ4n) is 2.91. The highest BCUT2D eigenvalue weighted by Gasteiger charge is 2.15. The lowest BCUT2D eigenvalue weighted by Gasteiger charge is -2.13. The van der Waals surface area contributed by atoms with Gasteiger partial charge in [0.2, 0.25) is 0 Å². The van der Waals surface area contributed by atoms with E-state index in [9.17, 15) is 9.90 Å². The van der Waals surface area contributed by atoms with Gasteiger partial charge in [-0.2, -0.15) is 10.2 Å². The van der Waals surface area contributed by atoms with E-state index in [0.717, 1.165) is 24.1 Å². The number of aromatic hydroxyl groups is 1. The van der Waals surface area contributed by atoms with Gasteiger partial charge in [0.05, 0.1) is 18.5 Å². The number of benzene rings is 4. The zero-order valence-corrected chi connectivity index (χ0v) is 23.3. The Balaban J connectivity index is 0.000000221. The summed E-state index contributed by atoms with van der Waals surface area (Å²) in [5.74, 6) is 0.465. The van der Waals surface area contributed by atoms with Gasteiger partial charge in [-0.25, -0.2) is 0 Å². The molecule has 0 aliphatic carbocycles. The lowest BCUT2D eigenvalue weighted by atomic mass is 10.1. The van der Waals surface area contributed by atoms with Crippen molar-refractivity contribution < 1.29 is 19.7 Å². The second kappa shape index (κ2) is 13.9. The number of azo groups is 1. The first kappa shape index (κ1) is 27.6. The summed E-state index contributed by atoms with van der Waals surface area (Å²) < 4.78 is 7.56. The highest BCUT2D eigenvalue weighted by atomic mass is 127. The Labute approximate surface area is 236 Å². The van der Waals surface area contributed by atoms with Gasteiger partial charge in [0.15, 0.2) is 5.75 Å². The van der Waals surface area contributed by atoms with Crippen LogP contribution in [0, 0.1) is 7.14 Å². The smallest absolute Gasteiger partial charge is 0.320 e. The minimum Gasteiger partial charge on any atom is -0.508 e. The van der Waals surface area contributed by atoms with Crippen LogP contribution in [-0.2, 0) is 11.2 Å². The summed E-state index contributed by atoms with van der Waals surface area (Å²) >= 11 is 4.28. The molecule has 0 bridgehead atoms. The first-order valence-electron chi connectivity index (χ1n) is 10.8. The number of phenolic OH excluding ortho intramolecular Hbond substituents is 1. The summed E-state index contributed by atoms with van der Waals surface area (Å²) in [6.45, 7) is 0. The zero-order chi connectivity index (χ0) is 25.9. The van der Waals surface area contributed by atoms with E-state index in [0.29, 0.717) is 11.5 Å². The summed E-state index contributed by atoms with van der Waals surface area (Å²) in [6, 6.07) is 28.6. The molecule has 4 N–H and O–H groups in total. The zero-order valence-electron chi connectivity index (χ0n) is 19.0.